The van der Waals surface area contributed by atoms with Crippen molar-refractivity contribution in [3.63, 3.8) is 0 Å². The van der Waals surface area contributed by atoms with Gasteiger partial charge < -0.3 is 10.4 Å². The van der Waals surface area contributed by atoms with E-state index in [1.165, 1.54) is 11.3 Å². The number of carbonyl (C=O) groups excluding carboxylic acids is 1. The molecule has 0 aliphatic carbocycles. The smallest absolute Gasteiger partial charge is 0.308 e. The van der Waals surface area contributed by atoms with Crippen molar-refractivity contribution in [1.82, 2.24) is 5.32 Å². The van der Waals surface area contributed by atoms with Crippen molar-refractivity contribution < 1.29 is 14.7 Å². The van der Waals surface area contributed by atoms with Crippen LogP contribution in [-0.2, 0) is 4.79 Å². The van der Waals surface area contributed by atoms with Crippen LogP contribution in [0.4, 0.5) is 0 Å². The summed E-state index contributed by atoms with van der Waals surface area (Å²) in [6.45, 7) is 1.59. The fraction of sp³-hybridized carbons (Fsp3) is 0.200. The Morgan fingerprint density at radius 1 is 1.15 bits per heavy atom. The quantitative estimate of drug-likeness (QED) is 0.889. The van der Waals surface area contributed by atoms with Gasteiger partial charge in [-0.15, -0.1) is 11.3 Å². The topological polar surface area (TPSA) is 66.4 Å². The second kappa shape index (κ2) is 6.34. The summed E-state index contributed by atoms with van der Waals surface area (Å²) in [5.41, 5.74) is 0.785. The fourth-order valence-corrected chi connectivity index (χ4v) is 2.55. The molecule has 0 unspecified atom stereocenters. The van der Waals surface area contributed by atoms with E-state index in [-0.39, 0.29) is 5.91 Å². The van der Waals surface area contributed by atoms with Crippen molar-refractivity contribution in [3.05, 3.63) is 58.3 Å². The maximum Gasteiger partial charge on any atom is 0.308 e. The molecule has 2 aromatic rings. The van der Waals surface area contributed by atoms with Gasteiger partial charge in [0.2, 0.25) is 0 Å². The molecule has 5 heteroatoms. The van der Waals surface area contributed by atoms with Gasteiger partial charge in [-0.3, -0.25) is 9.59 Å². The second-order valence-corrected chi connectivity index (χ2v) is 5.41. The van der Waals surface area contributed by atoms with Crippen molar-refractivity contribution in [3.8, 4) is 0 Å². The molecule has 2 rings (SSSR count). The maximum absolute atomic E-state index is 12.1. The summed E-state index contributed by atoms with van der Waals surface area (Å²) in [7, 11) is 0. The third-order valence-electron chi connectivity index (χ3n) is 3.08. The Hall–Kier alpha value is -2.14. The van der Waals surface area contributed by atoms with Gasteiger partial charge in [0, 0.05) is 0 Å². The Labute approximate surface area is 121 Å². The molecule has 0 radical (unpaired) electrons. The maximum atomic E-state index is 12.1. The molecule has 0 bridgehead atoms. The lowest BCUT2D eigenvalue weighted by molar-refractivity contribution is -0.142. The molecule has 1 aromatic heterocycles. The molecular formula is C15H15NO3S. The van der Waals surface area contributed by atoms with E-state index in [9.17, 15) is 14.7 Å². The molecule has 104 valence electrons. The minimum atomic E-state index is -0.940. The van der Waals surface area contributed by atoms with Crippen LogP contribution in [0.15, 0.2) is 47.8 Å². The number of amides is 1. The van der Waals surface area contributed by atoms with Crippen LogP contribution < -0.4 is 5.32 Å². The van der Waals surface area contributed by atoms with Gasteiger partial charge in [0.1, 0.15) is 0 Å². The zero-order valence-electron chi connectivity index (χ0n) is 10.9. The number of rotatable bonds is 5. The van der Waals surface area contributed by atoms with Gasteiger partial charge in [0.05, 0.1) is 16.8 Å². The molecule has 1 heterocycles. The summed E-state index contributed by atoms with van der Waals surface area (Å²) in [6, 6.07) is 12.1. The highest BCUT2D eigenvalue weighted by molar-refractivity contribution is 7.12. The minimum absolute atomic E-state index is 0.248. The van der Waals surface area contributed by atoms with Gasteiger partial charge >= 0.3 is 5.97 Å². The normalized spacial score (nSPS) is 13.4. The zero-order valence-corrected chi connectivity index (χ0v) is 11.8. The average Bonchev–Trinajstić information content (AvgIpc) is 2.99. The molecule has 0 aliphatic rings. The van der Waals surface area contributed by atoms with Gasteiger partial charge in [-0.2, -0.15) is 0 Å². The highest BCUT2D eigenvalue weighted by Gasteiger charge is 2.27. The van der Waals surface area contributed by atoms with Crippen LogP contribution in [0.5, 0.6) is 0 Å². The standard InChI is InChI=1S/C15H15NO3S/c1-10(15(18)19)13(11-6-3-2-4-7-11)16-14(17)12-8-5-9-20-12/h2-10,13H,1H3,(H,16,17)(H,18,19)/t10-,13-/m1/s1. The first kappa shape index (κ1) is 14.3. The molecule has 0 aliphatic heterocycles. The van der Waals surface area contributed by atoms with Crippen LogP contribution in [0.3, 0.4) is 0 Å². The number of hydrogen-bond donors (Lipinski definition) is 2. The van der Waals surface area contributed by atoms with Crippen molar-refractivity contribution in [2.45, 2.75) is 13.0 Å². The minimum Gasteiger partial charge on any atom is -0.481 e. The molecule has 4 nitrogen and oxygen atoms in total. The first-order chi connectivity index (χ1) is 9.59. The number of carboxylic acid groups (broad SMARTS) is 1. The lowest BCUT2D eigenvalue weighted by atomic mass is 9.94. The summed E-state index contributed by atoms with van der Waals surface area (Å²) in [5, 5.41) is 13.8. The van der Waals surface area contributed by atoms with E-state index in [2.05, 4.69) is 5.32 Å². The molecule has 20 heavy (non-hydrogen) atoms. The van der Waals surface area contributed by atoms with E-state index in [0.29, 0.717) is 4.88 Å². The van der Waals surface area contributed by atoms with Crippen LogP contribution in [-0.4, -0.2) is 17.0 Å². The number of thiophene rings is 1. The predicted octanol–water partition coefficient (Wildman–Crippen LogP) is 2.94. The summed E-state index contributed by atoms with van der Waals surface area (Å²) < 4.78 is 0. The number of benzene rings is 1. The fourth-order valence-electron chi connectivity index (χ4n) is 1.92. The molecule has 0 spiro atoms. The van der Waals surface area contributed by atoms with Crippen LogP contribution in [0.2, 0.25) is 0 Å². The van der Waals surface area contributed by atoms with Gasteiger partial charge in [0.25, 0.3) is 5.91 Å². The summed E-state index contributed by atoms with van der Waals surface area (Å²) >= 11 is 1.33. The Bertz CT molecular complexity index is 580. The SMILES string of the molecule is C[C@@H](C(=O)O)[C@@H](NC(=O)c1cccs1)c1ccccc1. The lowest BCUT2D eigenvalue weighted by Gasteiger charge is -2.22. The first-order valence-corrected chi connectivity index (χ1v) is 7.09. The van der Waals surface area contributed by atoms with Crippen LogP contribution in [0, 0.1) is 5.92 Å². The third kappa shape index (κ3) is 3.24. The van der Waals surface area contributed by atoms with Gasteiger partial charge in [0.15, 0.2) is 0 Å². The average molecular weight is 289 g/mol. The Morgan fingerprint density at radius 3 is 2.40 bits per heavy atom. The predicted molar refractivity (Wildman–Crippen MR) is 77.8 cm³/mol. The van der Waals surface area contributed by atoms with E-state index in [1.807, 2.05) is 35.7 Å². The highest BCUT2D eigenvalue weighted by atomic mass is 32.1. The molecular weight excluding hydrogens is 274 g/mol. The Morgan fingerprint density at radius 2 is 1.85 bits per heavy atom. The molecule has 0 saturated carbocycles. The van der Waals surface area contributed by atoms with Gasteiger partial charge in [-0.05, 0) is 23.9 Å². The van der Waals surface area contributed by atoms with Crippen LogP contribution in [0.25, 0.3) is 0 Å². The number of aliphatic carboxylic acids is 1. The lowest BCUT2D eigenvalue weighted by Crippen LogP contribution is -2.35. The number of carbonyl (C=O) groups is 2. The van der Waals surface area contributed by atoms with Gasteiger partial charge in [-0.1, -0.05) is 36.4 Å². The van der Waals surface area contributed by atoms with Crippen molar-refractivity contribution in [1.29, 1.82) is 0 Å². The van der Waals surface area contributed by atoms with E-state index in [4.69, 9.17) is 0 Å². The number of carboxylic acids is 1. The second-order valence-electron chi connectivity index (χ2n) is 4.47. The summed E-state index contributed by atoms with van der Waals surface area (Å²) in [4.78, 5) is 23.9. The van der Waals surface area contributed by atoms with Gasteiger partial charge in [-0.25, -0.2) is 0 Å². The van der Waals surface area contributed by atoms with E-state index in [1.54, 1.807) is 19.1 Å². The highest BCUT2D eigenvalue weighted by Crippen LogP contribution is 2.23. The van der Waals surface area contributed by atoms with Crippen LogP contribution >= 0.6 is 11.3 Å². The number of hydrogen-bond acceptors (Lipinski definition) is 3. The molecule has 1 amide bonds. The molecule has 2 N–H and O–H groups in total. The Kier molecular flexibility index (Phi) is 4.53. The monoisotopic (exact) mass is 289 g/mol. The summed E-state index contributed by atoms with van der Waals surface area (Å²) in [6.07, 6.45) is 0. The number of nitrogens with one attached hydrogen (secondary N) is 1. The molecule has 1 aromatic carbocycles. The largest absolute Gasteiger partial charge is 0.481 e. The summed E-state index contributed by atoms with van der Waals surface area (Å²) in [5.74, 6) is -1.89. The molecule has 0 saturated heterocycles. The van der Waals surface area contributed by atoms with Crippen LogP contribution in [0.1, 0.15) is 28.2 Å². The van der Waals surface area contributed by atoms with Crippen molar-refractivity contribution in [2.24, 2.45) is 5.92 Å². The Balaban J connectivity index is 2.24. The van der Waals surface area contributed by atoms with E-state index >= 15 is 0 Å². The van der Waals surface area contributed by atoms with Crippen molar-refractivity contribution in [2.75, 3.05) is 0 Å². The van der Waals surface area contributed by atoms with E-state index in [0.717, 1.165) is 5.56 Å². The first-order valence-electron chi connectivity index (χ1n) is 6.21. The van der Waals surface area contributed by atoms with E-state index < -0.39 is 17.9 Å². The third-order valence-corrected chi connectivity index (χ3v) is 3.95. The van der Waals surface area contributed by atoms with Crippen molar-refractivity contribution >= 4 is 23.2 Å². The molecule has 2 atom stereocenters. The zero-order chi connectivity index (χ0) is 14.5. The molecule has 0 fully saturated rings.